The van der Waals surface area contributed by atoms with Gasteiger partial charge >= 0.3 is 0 Å². The van der Waals surface area contributed by atoms with Crippen molar-refractivity contribution in [3.8, 4) is 0 Å². The predicted molar refractivity (Wildman–Crippen MR) is 144 cm³/mol. The molecular formula is C20H48N2O6Si4. The van der Waals surface area contributed by atoms with E-state index >= 15 is 0 Å². The average molecular weight is 525 g/mol. The zero-order chi connectivity index (χ0) is 25.4. The van der Waals surface area contributed by atoms with Gasteiger partial charge in [-0.05, 0) is 78.6 Å². The quantitative estimate of drug-likeness (QED) is 0.168. The molecule has 0 bridgehead atoms. The molecule has 0 heterocycles. The molecule has 0 saturated heterocycles. The van der Waals surface area contributed by atoms with Crippen LogP contribution in [0.15, 0.2) is 10.3 Å². The van der Waals surface area contributed by atoms with Crippen LogP contribution in [-0.2, 0) is 27.4 Å². The molecule has 0 spiro atoms. The maximum absolute atomic E-state index is 6.72. The van der Waals surface area contributed by atoms with Crippen molar-refractivity contribution in [2.75, 3.05) is 20.8 Å². The van der Waals surface area contributed by atoms with Gasteiger partial charge in [-0.25, -0.2) is 0 Å². The zero-order valence-corrected chi connectivity index (χ0v) is 26.9. The van der Waals surface area contributed by atoms with Crippen LogP contribution in [0.25, 0.3) is 0 Å². The van der Waals surface area contributed by atoms with Gasteiger partial charge in [0.2, 0.25) is 0 Å². The van der Waals surface area contributed by atoms with E-state index in [9.17, 15) is 0 Å². The summed E-state index contributed by atoms with van der Waals surface area (Å²) >= 11 is 0. The summed E-state index contributed by atoms with van der Waals surface area (Å²) in [7, 11) is -4.76. The highest BCUT2D eigenvalue weighted by Crippen LogP contribution is 2.25. The molecule has 0 aliphatic rings. The van der Waals surface area contributed by atoms with E-state index < -0.39 is 51.6 Å². The molecule has 3 atom stereocenters. The van der Waals surface area contributed by atoms with Crippen LogP contribution in [0.2, 0.25) is 78.6 Å². The van der Waals surface area contributed by atoms with Crippen molar-refractivity contribution in [1.29, 1.82) is 0 Å². The molecule has 0 aliphatic carbocycles. The van der Waals surface area contributed by atoms with Crippen molar-refractivity contribution >= 4 is 45.2 Å². The fourth-order valence-electron chi connectivity index (χ4n) is 2.69. The van der Waals surface area contributed by atoms with E-state index in [0.29, 0.717) is 12.3 Å². The summed E-state index contributed by atoms with van der Waals surface area (Å²) < 4.78 is 26.2. The molecule has 0 radical (unpaired) electrons. The Labute approximate surface area is 200 Å². The molecule has 0 aromatic heterocycles. The van der Waals surface area contributed by atoms with E-state index in [4.69, 9.17) is 27.4 Å². The molecule has 0 N–H and O–H groups in total. The lowest BCUT2D eigenvalue weighted by atomic mass is 10.0. The molecule has 32 heavy (non-hydrogen) atoms. The molecule has 0 aromatic rings. The summed E-state index contributed by atoms with van der Waals surface area (Å²) in [5.74, 6) is 0. The maximum atomic E-state index is 6.72. The van der Waals surface area contributed by atoms with Crippen molar-refractivity contribution < 1.29 is 27.4 Å². The van der Waals surface area contributed by atoms with Crippen molar-refractivity contribution in [3.63, 3.8) is 0 Å². The van der Waals surface area contributed by atoms with Crippen LogP contribution in [0.1, 0.15) is 0 Å². The van der Waals surface area contributed by atoms with Gasteiger partial charge in [0.25, 0.3) is 0 Å². The first-order valence-electron chi connectivity index (χ1n) is 11.1. The van der Waals surface area contributed by atoms with Crippen LogP contribution in [-0.4, -0.2) is 84.3 Å². The van der Waals surface area contributed by atoms with Crippen LogP contribution < -0.4 is 0 Å². The smallest absolute Gasteiger partial charge is 0.184 e. The van der Waals surface area contributed by atoms with Gasteiger partial charge in [-0.15, -0.1) is 0 Å². The standard InChI is InChI=1S/C20H48N2O6Si4/c1-23-21-15-18(26-30(6,7)8)20(28-32(12,13)14)19(27-31(9,10)11)17(22-24-2)16-25-29(3,4)5/h15,18-20H,16H2,1-14H3/b21-15+,22-17+. The predicted octanol–water partition coefficient (Wildman–Crippen LogP) is 5.13. The summed E-state index contributed by atoms with van der Waals surface area (Å²) in [5, 5.41) is 8.39. The van der Waals surface area contributed by atoms with Crippen LogP contribution in [0, 0.1) is 0 Å². The van der Waals surface area contributed by atoms with Crippen molar-refractivity contribution in [2.24, 2.45) is 10.3 Å². The molecule has 8 nitrogen and oxygen atoms in total. The summed E-state index contributed by atoms with van der Waals surface area (Å²) in [6.07, 6.45) is 0.226. The van der Waals surface area contributed by atoms with Gasteiger partial charge in [0.1, 0.15) is 38.2 Å². The Morgan fingerprint density at radius 2 is 1.19 bits per heavy atom. The van der Waals surface area contributed by atoms with Gasteiger partial charge < -0.3 is 27.4 Å². The fraction of sp³-hybridized carbons (Fsp3) is 0.900. The highest BCUT2D eigenvalue weighted by molar-refractivity contribution is 6.71. The Bertz CT molecular complexity index is 607. The van der Waals surface area contributed by atoms with E-state index in [-0.39, 0.29) is 0 Å². The Hall–Kier alpha value is -0.352. The summed E-state index contributed by atoms with van der Waals surface area (Å²) in [4.78, 5) is 10.2. The minimum absolute atomic E-state index is 0.311. The third-order valence-corrected chi connectivity index (χ3v) is 7.52. The highest BCUT2D eigenvalue weighted by Gasteiger charge is 2.42. The van der Waals surface area contributed by atoms with E-state index in [1.54, 1.807) is 6.21 Å². The van der Waals surface area contributed by atoms with E-state index in [1.807, 2.05) is 0 Å². The SMILES string of the molecule is CO/N=C/C(O[Si](C)(C)C)C(O[Si](C)(C)C)C(O[Si](C)(C)C)/C(CO[Si](C)(C)C)=N/OC. The molecular weight excluding hydrogens is 477 g/mol. The lowest BCUT2D eigenvalue weighted by molar-refractivity contribution is 0.0176. The Morgan fingerprint density at radius 3 is 1.56 bits per heavy atom. The van der Waals surface area contributed by atoms with Gasteiger partial charge in [-0.3, -0.25) is 0 Å². The third kappa shape index (κ3) is 15.5. The number of oxime groups is 2. The van der Waals surface area contributed by atoms with Gasteiger partial charge in [0.15, 0.2) is 33.3 Å². The third-order valence-electron chi connectivity index (χ3n) is 3.59. The van der Waals surface area contributed by atoms with Crippen molar-refractivity contribution in [3.05, 3.63) is 0 Å². The van der Waals surface area contributed by atoms with E-state index in [2.05, 4.69) is 88.9 Å². The van der Waals surface area contributed by atoms with Crippen LogP contribution >= 0.6 is 0 Å². The minimum Gasteiger partial charge on any atom is -0.412 e. The largest absolute Gasteiger partial charge is 0.412 e. The molecule has 0 aromatic carbocycles. The van der Waals surface area contributed by atoms with Crippen molar-refractivity contribution in [2.45, 2.75) is 96.9 Å². The van der Waals surface area contributed by atoms with E-state index in [1.165, 1.54) is 14.2 Å². The van der Waals surface area contributed by atoms with Crippen LogP contribution in [0.3, 0.4) is 0 Å². The number of rotatable bonds is 15. The van der Waals surface area contributed by atoms with Crippen molar-refractivity contribution in [1.82, 2.24) is 0 Å². The summed E-state index contributed by atoms with van der Waals surface area (Å²) in [5.41, 5.74) is 0.663. The molecule has 0 aliphatic heterocycles. The first-order valence-corrected chi connectivity index (χ1v) is 24.8. The van der Waals surface area contributed by atoms with Gasteiger partial charge in [-0.2, -0.15) is 0 Å². The second kappa shape index (κ2) is 12.9. The molecule has 0 fully saturated rings. The van der Waals surface area contributed by atoms with Gasteiger partial charge in [-0.1, -0.05) is 10.3 Å². The topological polar surface area (TPSA) is 80.1 Å². The summed E-state index contributed by atoms with van der Waals surface area (Å²) in [6.45, 7) is 26.0. The molecule has 0 amide bonds. The maximum Gasteiger partial charge on any atom is 0.184 e. The van der Waals surface area contributed by atoms with Crippen LogP contribution in [0.5, 0.6) is 0 Å². The number of hydrogen-bond donors (Lipinski definition) is 0. The fourth-order valence-corrected chi connectivity index (χ4v) is 6.39. The lowest BCUT2D eigenvalue weighted by Crippen LogP contribution is -2.57. The minimum atomic E-state index is -2.03. The monoisotopic (exact) mass is 524 g/mol. The molecule has 3 unspecified atom stereocenters. The first kappa shape index (κ1) is 31.6. The lowest BCUT2D eigenvalue weighted by Gasteiger charge is -2.40. The normalized spacial score (nSPS) is 17.4. The zero-order valence-electron chi connectivity index (χ0n) is 22.9. The average Bonchev–Trinajstić information content (AvgIpc) is 2.55. The molecule has 190 valence electrons. The molecule has 0 rings (SSSR count). The van der Waals surface area contributed by atoms with Crippen LogP contribution in [0.4, 0.5) is 0 Å². The molecule has 12 heteroatoms. The van der Waals surface area contributed by atoms with Gasteiger partial charge in [0.05, 0.1) is 12.8 Å². The van der Waals surface area contributed by atoms with Gasteiger partial charge in [0, 0.05) is 0 Å². The van der Waals surface area contributed by atoms with E-state index in [0.717, 1.165) is 0 Å². The Kier molecular flexibility index (Phi) is 12.8. The second-order valence-electron chi connectivity index (χ2n) is 11.6. The number of nitrogens with zero attached hydrogens (tertiary/aromatic N) is 2. The Balaban J connectivity index is 6.58. The number of hydrogen-bond acceptors (Lipinski definition) is 8. The second-order valence-corrected chi connectivity index (χ2v) is 29.5. The Morgan fingerprint density at radius 1 is 0.688 bits per heavy atom. The summed E-state index contributed by atoms with van der Waals surface area (Å²) in [6, 6.07) is 0. The first-order chi connectivity index (χ1) is 14.3. The highest BCUT2D eigenvalue weighted by atomic mass is 28.4. The molecule has 0 saturated carbocycles.